The highest BCUT2D eigenvalue weighted by molar-refractivity contribution is 9.10. The van der Waals surface area contributed by atoms with Crippen molar-refractivity contribution in [2.24, 2.45) is 7.05 Å². The summed E-state index contributed by atoms with van der Waals surface area (Å²) in [6, 6.07) is 10.8. The summed E-state index contributed by atoms with van der Waals surface area (Å²) in [5, 5.41) is 0. The Bertz CT molecular complexity index is 1040. The van der Waals surface area contributed by atoms with Crippen molar-refractivity contribution in [3.8, 4) is 17.2 Å². The van der Waals surface area contributed by atoms with Crippen molar-refractivity contribution >= 4 is 27.8 Å². The summed E-state index contributed by atoms with van der Waals surface area (Å²) in [4.78, 5) is 16.7. The maximum absolute atomic E-state index is 12.5. The van der Waals surface area contributed by atoms with Gasteiger partial charge in [-0.1, -0.05) is 6.08 Å². The first kappa shape index (κ1) is 21.6. The summed E-state index contributed by atoms with van der Waals surface area (Å²) in [5.41, 5.74) is 1.41. The third-order valence-corrected chi connectivity index (χ3v) is 4.98. The second kappa shape index (κ2) is 10.1. The number of imidazole rings is 1. The van der Waals surface area contributed by atoms with Gasteiger partial charge in [0.25, 0.3) is 0 Å². The zero-order chi connectivity index (χ0) is 21.5. The van der Waals surface area contributed by atoms with Gasteiger partial charge in [-0.2, -0.15) is 0 Å². The zero-order valence-electron chi connectivity index (χ0n) is 17.1. The van der Waals surface area contributed by atoms with Gasteiger partial charge in [0.2, 0.25) is 0 Å². The molecule has 1 heterocycles. The number of aryl methyl sites for hydroxylation is 1. The summed E-state index contributed by atoms with van der Waals surface area (Å²) in [7, 11) is 3.50. The van der Waals surface area contributed by atoms with Gasteiger partial charge < -0.3 is 18.8 Å². The van der Waals surface area contributed by atoms with E-state index in [9.17, 15) is 4.79 Å². The molecule has 2 aromatic carbocycles. The molecule has 0 amide bonds. The van der Waals surface area contributed by atoms with Crippen molar-refractivity contribution in [2.75, 3.05) is 13.7 Å². The van der Waals surface area contributed by atoms with Crippen LogP contribution in [0.5, 0.6) is 17.2 Å². The Morgan fingerprint density at radius 1 is 1.20 bits per heavy atom. The average Bonchev–Trinajstić information content (AvgIpc) is 3.16. The number of methoxy groups -OCH3 is 1. The molecule has 3 aromatic rings. The fourth-order valence-electron chi connectivity index (χ4n) is 2.81. The van der Waals surface area contributed by atoms with Crippen LogP contribution in [0.4, 0.5) is 0 Å². The van der Waals surface area contributed by atoms with Crippen molar-refractivity contribution in [1.82, 2.24) is 9.55 Å². The molecule has 0 atom stereocenters. The molecule has 0 saturated heterocycles. The predicted octanol–water partition coefficient (Wildman–Crippen LogP) is 5.07. The largest absolute Gasteiger partial charge is 0.492 e. The van der Waals surface area contributed by atoms with Crippen molar-refractivity contribution in [3.05, 3.63) is 76.3 Å². The number of hydrogen-bond acceptors (Lipinski definition) is 5. The first-order chi connectivity index (χ1) is 14.5. The number of ether oxygens (including phenoxy) is 3. The Balaban J connectivity index is 1.67. The fraction of sp³-hybridized carbons (Fsp3) is 0.217. The Morgan fingerprint density at radius 2 is 1.97 bits per heavy atom. The molecule has 0 bridgehead atoms. The molecule has 6 nitrogen and oxygen atoms in total. The van der Waals surface area contributed by atoms with Gasteiger partial charge in [0.15, 0.2) is 17.3 Å². The van der Waals surface area contributed by atoms with E-state index in [4.69, 9.17) is 14.2 Å². The molecule has 0 spiro atoms. The minimum Gasteiger partial charge on any atom is -0.492 e. The molecule has 0 fully saturated rings. The first-order valence-corrected chi connectivity index (χ1v) is 10.2. The molecular formula is C23H23BrN2O4. The average molecular weight is 471 g/mol. The molecule has 0 aliphatic heterocycles. The molecule has 3 rings (SSSR count). The summed E-state index contributed by atoms with van der Waals surface area (Å²) < 4.78 is 19.4. The maximum atomic E-state index is 12.5. The number of carbonyl (C=O) groups is 1. The summed E-state index contributed by atoms with van der Waals surface area (Å²) in [6.45, 7) is 2.79. The number of carbonyl (C=O) groups excluding carboxylic acids is 1. The SMILES string of the molecule is CCOc1cc(C=CC(=O)c2ccc(OCc3nccn3C)cc2)cc(Br)c1OC. The number of allylic oxidation sites excluding steroid dienone is 1. The minimum absolute atomic E-state index is 0.101. The van der Waals surface area contributed by atoms with Crippen molar-refractivity contribution in [3.63, 3.8) is 0 Å². The predicted molar refractivity (Wildman–Crippen MR) is 119 cm³/mol. The summed E-state index contributed by atoms with van der Waals surface area (Å²) in [5.74, 6) is 2.65. The number of ketones is 1. The van der Waals surface area contributed by atoms with Crippen LogP contribution in [-0.2, 0) is 13.7 Å². The third kappa shape index (κ3) is 5.30. The lowest BCUT2D eigenvalue weighted by atomic mass is 10.1. The monoisotopic (exact) mass is 470 g/mol. The molecule has 0 radical (unpaired) electrons. The van der Waals surface area contributed by atoms with Gasteiger partial charge in [-0.25, -0.2) is 4.98 Å². The Hall–Kier alpha value is -3.06. The highest BCUT2D eigenvalue weighted by atomic mass is 79.9. The Morgan fingerprint density at radius 3 is 2.60 bits per heavy atom. The van der Waals surface area contributed by atoms with Gasteiger partial charge in [-0.3, -0.25) is 4.79 Å². The lowest BCUT2D eigenvalue weighted by molar-refractivity contribution is 0.104. The second-order valence-corrected chi connectivity index (χ2v) is 7.29. The summed E-state index contributed by atoms with van der Waals surface area (Å²) in [6.07, 6.45) is 6.88. The van der Waals surface area contributed by atoms with Crippen LogP contribution in [0.2, 0.25) is 0 Å². The van der Waals surface area contributed by atoms with Crippen LogP contribution >= 0.6 is 15.9 Å². The van der Waals surface area contributed by atoms with Crippen LogP contribution in [0.3, 0.4) is 0 Å². The quantitative estimate of drug-likeness (QED) is 0.322. The van der Waals surface area contributed by atoms with E-state index < -0.39 is 0 Å². The van der Waals surface area contributed by atoms with E-state index in [0.29, 0.717) is 36.0 Å². The lowest BCUT2D eigenvalue weighted by Crippen LogP contribution is -2.03. The molecule has 0 N–H and O–H groups in total. The molecule has 30 heavy (non-hydrogen) atoms. The van der Waals surface area contributed by atoms with E-state index in [2.05, 4.69) is 20.9 Å². The highest BCUT2D eigenvalue weighted by Gasteiger charge is 2.10. The molecule has 0 unspecified atom stereocenters. The van der Waals surface area contributed by atoms with Crippen molar-refractivity contribution in [2.45, 2.75) is 13.5 Å². The van der Waals surface area contributed by atoms with Gasteiger partial charge in [0.05, 0.1) is 18.2 Å². The molecule has 0 aliphatic rings. The van der Waals surface area contributed by atoms with Gasteiger partial charge >= 0.3 is 0 Å². The van der Waals surface area contributed by atoms with Crippen LogP contribution in [-0.4, -0.2) is 29.1 Å². The molecule has 156 valence electrons. The van der Waals surface area contributed by atoms with Crippen molar-refractivity contribution in [1.29, 1.82) is 0 Å². The number of benzene rings is 2. The topological polar surface area (TPSA) is 62.6 Å². The Kier molecular flexibility index (Phi) is 7.30. The van der Waals surface area contributed by atoms with Crippen LogP contribution in [0.25, 0.3) is 6.08 Å². The van der Waals surface area contributed by atoms with Gasteiger partial charge in [0, 0.05) is 25.0 Å². The van der Waals surface area contributed by atoms with E-state index in [1.165, 1.54) is 6.08 Å². The van der Waals surface area contributed by atoms with E-state index in [-0.39, 0.29) is 5.78 Å². The van der Waals surface area contributed by atoms with Crippen molar-refractivity contribution < 1.29 is 19.0 Å². The van der Waals surface area contributed by atoms with Gasteiger partial charge in [-0.05, 0) is 70.9 Å². The summed E-state index contributed by atoms with van der Waals surface area (Å²) >= 11 is 3.48. The molecular weight excluding hydrogens is 448 g/mol. The normalized spacial score (nSPS) is 10.9. The van der Waals surface area contributed by atoms with E-state index >= 15 is 0 Å². The number of nitrogens with zero attached hydrogens (tertiary/aromatic N) is 2. The number of halogens is 1. The van der Waals surface area contributed by atoms with Crippen LogP contribution in [0.15, 0.2) is 59.3 Å². The van der Waals surface area contributed by atoms with Crippen LogP contribution in [0.1, 0.15) is 28.7 Å². The third-order valence-electron chi connectivity index (χ3n) is 4.39. The van der Waals surface area contributed by atoms with Gasteiger partial charge in [0.1, 0.15) is 18.2 Å². The Labute approximate surface area is 184 Å². The van der Waals surface area contributed by atoms with E-state index in [1.807, 2.05) is 36.9 Å². The molecule has 1 aromatic heterocycles. The number of rotatable bonds is 9. The van der Waals surface area contributed by atoms with Crippen LogP contribution in [0, 0.1) is 0 Å². The second-order valence-electron chi connectivity index (χ2n) is 6.43. The van der Waals surface area contributed by atoms with E-state index in [0.717, 1.165) is 15.9 Å². The number of hydrogen-bond donors (Lipinski definition) is 0. The van der Waals surface area contributed by atoms with Gasteiger partial charge in [-0.15, -0.1) is 0 Å². The zero-order valence-corrected chi connectivity index (χ0v) is 18.7. The molecule has 0 aliphatic carbocycles. The lowest BCUT2D eigenvalue weighted by Gasteiger charge is -2.12. The van der Waals surface area contributed by atoms with Crippen LogP contribution < -0.4 is 14.2 Å². The maximum Gasteiger partial charge on any atom is 0.185 e. The standard InChI is InChI=1S/C23H23BrN2O4/c1-4-29-21-14-16(13-19(24)23(21)28-3)5-10-20(27)17-6-8-18(9-7-17)30-15-22-25-11-12-26(22)2/h5-14H,4,15H2,1-3H3. The fourth-order valence-corrected chi connectivity index (χ4v) is 3.43. The molecule has 0 saturated carbocycles. The van der Waals surface area contributed by atoms with E-state index in [1.54, 1.807) is 43.6 Å². The molecule has 7 heteroatoms. The first-order valence-electron chi connectivity index (χ1n) is 9.43. The number of aromatic nitrogens is 2. The highest BCUT2D eigenvalue weighted by Crippen LogP contribution is 2.37. The minimum atomic E-state index is -0.101. The smallest absolute Gasteiger partial charge is 0.185 e.